The van der Waals surface area contributed by atoms with Crippen LogP contribution in [0.25, 0.3) is 0 Å². The standard InChI is InChI=1S/C13H27N3O/c1-11(2)15(3)13(17)10-16-8-6-4-5-7-12(16)9-14/h11-12H,4-10,14H2,1-3H3. The molecule has 0 bridgehead atoms. The molecule has 1 aliphatic heterocycles. The molecule has 0 saturated carbocycles. The zero-order valence-electron chi connectivity index (χ0n) is 11.5. The van der Waals surface area contributed by atoms with Gasteiger partial charge < -0.3 is 10.6 Å². The Morgan fingerprint density at radius 3 is 2.71 bits per heavy atom. The third-order valence-corrected chi connectivity index (χ3v) is 3.78. The van der Waals surface area contributed by atoms with Crippen molar-refractivity contribution >= 4 is 5.91 Å². The van der Waals surface area contributed by atoms with Crippen LogP contribution in [-0.4, -0.2) is 54.5 Å². The average Bonchev–Trinajstić information content (AvgIpc) is 2.52. The first-order valence-electron chi connectivity index (χ1n) is 6.76. The lowest BCUT2D eigenvalue weighted by Gasteiger charge is -2.31. The highest BCUT2D eigenvalue weighted by Crippen LogP contribution is 2.16. The van der Waals surface area contributed by atoms with Crippen molar-refractivity contribution in [1.82, 2.24) is 9.80 Å². The van der Waals surface area contributed by atoms with Crippen LogP contribution >= 0.6 is 0 Å². The quantitative estimate of drug-likeness (QED) is 0.800. The monoisotopic (exact) mass is 241 g/mol. The SMILES string of the molecule is CC(C)N(C)C(=O)CN1CCCCCC1CN. The Balaban J connectivity index is 2.54. The van der Waals surface area contributed by atoms with Crippen molar-refractivity contribution in [2.75, 3.05) is 26.7 Å². The van der Waals surface area contributed by atoms with E-state index in [0.717, 1.165) is 13.0 Å². The molecule has 0 spiro atoms. The minimum Gasteiger partial charge on any atom is -0.342 e. The Hall–Kier alpha value is -0.610. The lowest BCUT2D eigenvalue weighted by Crippen LogP contribution is -2.47. The molecule has 17 heavy (non-hydrogen) atoms. The van der Waals surface area contributed by atoms with Gasteiger partial charge in [0, 0.05) is 25.7 Å². The van der Waals surface area contributed by atoms with Gasteiger partial charge in [0.25, 0.3) is 0 Å². The maximum Gasteiger partial charge on any atom is 0.236 e. The molecule has 0 aromatic heterocycles. The number of carbonyl (C=O) groups is 1. The zero-order valence-corrected chi connectivity index (χ0v) is 11.5. The molecule has 0 aromatic carbocycles. The Labute approximate surface area is 105 Å². The highest BCUT2D eigenvalue weighted by Gasteiger charge is 2.23. The van der Waals surface area contributed by atoms with Gasteiger partial charge in [-0.15, -0.1) is 0 Å². The van der Waals surface area contributed by atoms with E-state index in [1.165, 1.54) is 19.3 Å². The molecule has 1 saturated heterocycles. The van der Waals surface area contributed by atoms with Crippen LogP contribution < -0.4 is 5.73 Å². The fraction of sp³-hybridized carbons (Fsp3) is 0.923. The molecular weight excluding hydrogens is 214 g/mol. The Morgan fingerprint density at radius 2 is 2.12 bits per heavy atom. The summed E-state index contributed by atoms with van der Waals surface area (Å²) in [5.41, 5.74) is 5.81. The van der Waals surface area contributed by atoms with E-state index in [-0.39, 0.29) is 11.9 Å². The molecule has 1 atom stereocenters. The Bertz CT molecular complexity index is 243. The molecule has 0 aliphatic carbocycles. The number of nitrogens with zero attached hydrogens (tertiary/aromatic N) is 2. The van der Waals surface area contributed by atoms with E-state index in [1.807, 2.05) is 25.8 Å². The van der Waals surface area contributed by atoms with Gasteiger partial charge in [0.05, 0.1) is 6.54 Å². The highest BCUT2D eigenvalue weighted by molar-refractivity contribution is 5.78. The first kappa shape index (κ1) is 14.5. The van der Waals surface area contributed by atoms with Gasteiger partial charge in [-0.3, -0.25) is 9.69 Å². The minimum atomic E-state index is 0.209. The molecule has 1 unspecified atom stereocenters. The van der Waals surface area contributed by atoms with Crippen molar-refractivity contribution in [3.63, 3.8) is 0 Å². The number of nitrogens with two attached hydrogens (primary N) is 1. The molecule has 1 heterocycles. The maximum atomic E-state index is 12.1. The molecular formula is C13H27N3O. The van der Waals surface area contributed by atoms with Gasteiger partial charge in [-0.2, -0.15) is 0 Å². The molecule has 4 heteroatoms. The van der Waals surface area contributed by atoms with E-state index < -0.39 is 0 Å². The first-order chi connectivity index (χ1) is 8.06. The van der Waals surface area contributed by atoms with Crippen LogP contribution in [0.5, 0.6) is 0 Å². The van der Waals surface area contributed by atoms with Crippen molar-refractivity contribution in [2.45, 2.75) is 51.6 Å². The minimum absolute atomic E-state index is 0.209. The number of amides is 1. The third-order valence-electron chi connectivity index (χ3n) is 3.78. The Kier molecular flexibility index (Phi) is 5.92. The van der Waals surface area contributed by atoms with E-state index >= 15 is 0 Å². The van der Waals surface area contributed by atoms with Crippen molar-refractivity contribution in [2.24, 2.45) is 5.73 Å². The largest absolute Gasteiger partial charge is 0.342 e. The van der Waals surface area contributed by atoms with Crippen molar-refractivity contribution in [1.29, 1.82) is 0 Å². The van der Waals surface area contributed by atoms with E-state index in [2.05, 4.69) is 4.90 Å². The molecule has 1 aliphatic rings. The summed E-state index contributed by atoms with van der Waals surface area (Å²) in [4.78, 5) is 16.2. The second kappa shape index (κ2) is 6.97. The summed E-state index contributed by atoms with van der Waals surface area (Å²) in [7, 11) is 1.88. The smallest absolute Gasteiger partial charge is 0.236 e. The summed E-state index contributed by atoms with van der Waals surface area (Å²) in [6.45, 7) is 6.29. The number of rotatable bonds is 4. The third kappa shape index (κ3) is 4.28. The van der Waals surface area contributed by atoms with Crippen LogP contribution in [-0.2, 0) is 4.79 Å². The second-order valence-corrected chi connectivity index (χ2v) is 5.31. The topological polar surface area (TPSA) is 49.6 Å². The molecule has 2 N–H and O–H groups in total. The fourth-order valence-electron chi connectivity index (χ4n) is 2.29. The average molecular weight is 241 g/mol. The summed E-state index contributed by atoms with van der Waals surface area (Å²) in [6, 6.07) is 0.660. The first-order valence-corrected chi connectivity index (χ1v) is 6.76. The second-order valence-electron chi connectivity index (χ2n) is 5.31. The summed E-state index contributed by atoms with van der Waals surface area (Å²) in [6.07, 6.45) is 4.83. The molecule has 1 amide bonds. The van der Waals surface area contributed by atoms with Crippen LogP contribution in [0.15, 0.2) is 0 Å². The van der Waals surface area contributed by atoms with Gasteiger partial charge in [-0.25, -0.2) is 0 Å². The fourth-order valence-corrected chi connectivity index (χ4v) is 2.29. The lowest BCUT2D eigenvalue weighted by atomic mass is 10.1. The normalized spacial score (nSPS) is 22.5. The van der Waals surface area contributed by atoms with E-state index in [9.17, 15) is 4.79 Å². The van der Waals surface area contributed by atoms with Crippen LogP contribution in [0.2, 0.25) is 0 Å². The van der Waals surface area contributed by atoms with Gasteiger partial charge in [-0.1, -0.05) is 12.8 Å². The predicted molar refractivity (Wildman–Crippen MR) is 70.8 cm³/mol. The van der Waals surface area contributed by atoms with Gasteiger partial charge in [0.2, 0.25) is 5.91 Å². The Morgan fingerprint density at radius 1 is 1.41 bits per heavy atom. The van der Waals surface area contributed by atoms with Crippen LogP contribution in [0.3, 0.4) is 0 Å². The predicted octanol–water partition coefficient (Wildman–Crippen LogP) is 1.06. The van der Waals surface area contributed by atoms with E-state index in [1.54, 1.807) is 0 Å². The maximum absolute atomic E-state index is 12.1. The zero-order chi connectivity index (χ0) is 12.8. The molecule has 4 nitrogen and oxygen atoms in total. The van der Waals surface area contributed by atoms with Gasteiger partial charge in [-0.05, 0) is 33.2 Å². The molecule has 1 rings (SSSR count). The summed E-state index contributed by atoms with van der Waals surface area (Å²) in [5, 5.41) is 0. The number of carbonyl (C=O) groups excluding carboxylic acids is 1. The van der Waals surface area contributed by atoms with Crippen molar-refractivity contribution in [3.8, 4) is 0 Å². The molecule has 1 fully saturated rings. The number of likely N-dealkylation sites (tertiary alicyclic amines) is 1. The molecule has 0 aromatic rings. The van der Waals surface area contributed by atoms with Crippen molar-refractivity contribution in [3.05, 3.63) is 0 Å². The highest BCUT2D eigenvalue weighted by atomic mass is 16.2. The number of hydrogen-bond acceptors (Lipinski definition) is 3. The van der Waals surface area contributed by atoms with Gasteiger partial charge in [0.15, 0.2) is 0 Å². The number of hydrogen-bond donors (Lipinski definition) is 1. The van der Waals surface area contributed by atoms with Crippen LogP contribution in [0.1, 0.15) is 39.5 Å². The van der Waals surface area contributed by atoms with Gasteiger partial charge in [0.1, 0.15) is 0 Å². The van der Waals surface area contributed by atoms with Crippen molar-refractivity contribution < 1.29 is 4.79 Å². The van der Waals surface area contributed by atoms with Crippen LogP contribution in [0.4, 0.5) is 0 Å². The lowest BCUT2D eigenvalue weighted by molar-refractivity contribution is -0.133. The number of likely N-dealkylation sites (N-methyl/N-ethyl adjacent to an activating group) is 1. The summed E-state index contributed by atoms with van der Waals surface area (Å²) < 4.78 is 0. The molecule has 100 valence electrons. The van der Waals surface area contributed by atoms with Crippen LogP contribution in [0, 0.1) is 0 Å². The summed E-state index contributed by atoms with van der Waals surface area (Å²) in [5.74, 6) is 0.209. The van der Waals surface area contributed by atoms with Gasteiger partial charge >= 0.3 is 0 Å². The molecule has 0 radical (unpaired) electrons. The van der Waals surface area contributed by atoms with E-state index in [4.69, 9.17) is 5.73 Å². The summed E-state index contributed by atoms with van der Waals surface area (Å²) >= 11 is 0. The van der Waals surface area contributed by atoms with E-state index in [0.29, 0.717) is 19.1 Å².